The molecule has 49 heavy (non-hydrogen) atoms. The predicted molar refractivity (Wildman–Crippen MR) is 188 cm³/mol. The van der Waals surface area contributed by atoms with E-state index in [1.165, 1.54) is 41.2 Å². The lowest BCUT2D eigenvalue weighted by Crippen LogP contribution is -2.39. The number of esters is 1. The van der Waals surface area contributed by atoms with Gasteiger partial charge >= 0.3 is 5.97 Å². The predicted octanol–water partition coefficient (Wildman–Crippen LogP) is 6.61. The number of hydrogen-bond donors (Lipinski definition) is 0. The van der Waals surface area contributed by atoms with Gasteiger partial charge in [0.25, 0.3) is 11.2 Å². The molecule has 0 fully saturated rings. The molecule has 0 saturated heterocycles. The average molecular weight is 666 g/mol. The third-order valence-corrected chi connectivity index (χ3v) is 10.0. The summed E-state index contributed by atoms with van der Waals surface area (Å²) in [5.41, 5.74) is 5.48. The lowest BCUT2D eigenvalue weighted by molar-refractivity contribution is -0.384. The van der Waals surface area contributed by atoms with Crippen LogP contribution in [0.1, 0.15) is 45.1 Å². The molecule has 1 aliphatic carbocycles. The highest BCUT2D eigenvalue weighted by Gasteiger charge is 2.34. The second-order valence-electron chi connectivity index (χ2n) is 11.7. The van der Waals surface area contributed by atoms with Gasteiger partial charge in [-0.05, 0) is 65.1 Å². The van der Waals surface area contributed by atoms with E-state index < -0.39 is 16.9 Å². The Labute approximate surface area is 283 Å². The fourth-order valence-electron chi connectivity index (χ4n) is 6.71. The number of methoxy groups -OCH3 is 1. The molecule has 1 aliphatic heterocycles. The molecule has 8 rings (SSSR count). The fourth-order valence-corrected chi connectivity index (χ4v) is 7.70. The smallest absolute Gasteiger partial charge is 0.343 e. The number of benzene rings is 5. The number of non-ortho nitro benzene ring substituents is 1. The molecule has 1 atom stereocenters. The molecule has 0 saturated carbocycles. The number of rotatable bonds is 6. The molecule has 2 aliphatic rings. The van der Waals surface area contributed by atoms with Crippen molar-refractivity contribution in [1.29, 1.82) is 0 Å². The molecule has 0 bridgehead atoms. The summed E-state index contributed by atoms with van der Waals surface area (Å²) in [4.78, 5) is 44.1. The Balaban J connectivity index is 1.32. The van der Waals surface area contributed by atoms with Crippen molar-refractivity contribution in [2.24, 2.45) is 4.99 Å². The van der Waals surface area contributed by atoms with E-state index in [1.807, 2.05) is 66.7 Å². The number of ether oxygens (including phenoxy) is 2. The molecule has 10 heteroatoms. The first-order valence-corrected chi connectivity index (χ1v) is 16.5. The number of nitro benzene ring substituents is 1. The van der Waals surface area contributed by atoms with Gasteiger partial charge in [-0.2, -0.15) is 0 Å². The maximum atomic E-state index is 14.6. The Hall–Kier alpha value is -6.13. The van der Waals surface area contributed by atoms with Gasteiger partial charge in [0.1, 0.15) is 11.5 Å². The Morgan fingerprint density at radius 3 is 2.49 bits per heavy atom. The number of carbonyl (C=O) groups excluding carboxylic acids is 1. The van der Waals surface area contributed by atoms with Crippen LogP contribution in [0.3, 0.4) is 0 Å². The summed E-state index contributed by atoms with van der Waals surface area (Å²) in [6, 6.07) is 32.0. The summed E-state index contributed by atoms with van der Waals surface area (Å²) < 4.78 is 13.9. The van der Waals surface area contributed by atoms with Crippen molar-refractivity contribution >= 4 is 45.5 Å². The molecule has 0 N–H and O–H groups in total. The number of para-hydroxylation sites is 1. The van der Waals surface area contributed by atoms with E-state index in [4.69, 9.17) is 14.5 Å². The second kappa shape index (κ2) is 12.1. The third-order valence-electron chi connectivity index (χ3n) is 9.03. The number of fused-ring (bicyclic) bond motifs is 4. The molecule has 6 aromatic rings. The minimum Gasteiger partial charge on any atom is -0.496 e. The number of aryl methyl sites for hydroxylation is 1. The van der Waals surface area contributed by atoms with Gasteiger partial charge in [0, 0.05) is 28.8 Å². The molecule has 0 radical (unpaired) electrons. The van der Waals surface area contributed by atoms with Crippen LogP contribution in [-0.2, 0) is 6.42 Å². The minimum absolute atomic E-state index is 0.130. The van der Waals surface area contributed by atoms with Crippen molar-refractivity contribution < 1.29 is 19.2 Å². The lowest BCUT2D eigenvalue weighted by atomic mass is 9.83. The van der Waals surface area contributed by atoms with E-state index in [0.29, 0.717) is 20.6 Å². The summed E-state index contributed by atoms with van der Waals surface area (Å²) in [6.45, 7) is 0. The van der Waals surface area contributed by atoms with E-state index >= 15 is 0 Å². The number of carbonyl (C=O) groups is 1. The Morgan fingerprint density at radius 1 is 0.918 bits per heavy atom. The number of nitro groups is 1. The SMILES string of the molecule is COc1ccccc1[C@@H]1C2=C(N=c3s/c(=C/c4c(OC(=O)c5ccc([N+](=O)[O-])cc5)ccc5ccccc45)c(=O)n31)c1ccccc1CC2. The topological polar surface area (TPSA) is 113 Å². The zero-order valence-corrected chi connectivity index (χ0v) is 27.0. The third kappa shape index (κ3) is 5.22. The number of hydrogen-bond acceptors (Lipinski definition) is 8. The molecule has 5 aromatic carbocycles. The van der Waals surface area contributed by atoms with Gasteiger partial charge in [-0.3, -0.25) is 19.5 Å². The normalized spacial score (nSPS) is 15.2. The molecule has 0 amide bonds. The van der Waals surface area contributed by atoms with Crippen LogP contribution in [0.5, 0.6) is 11.5 Å². The first kappa shape index (κ1) is 30.2. The van der Waals surface area contributed by atoms with E-state index in [2.05, 4.69) is 12.1 Å². The van der Waals surface area contributed by atoms with Crippen LogP contribution in [0.4, 0.5) is 5.69 Å². The number of allylic oxidation sites excluding steroid dienone is 1. The summed E-state index contributed by atoms with van der Waals surface area (Å²) >= 11 is 1.28. The fraction of sp³-hybridized carbons (Fsp3) is 0.103. The van der Waals surface area contributed by atoms with Crippen molar-refractivity contribution in [3.8, 4) is 11.5 Å². The Morgan fingerprint density at radius 2 is 1.67 bits per heavy atom. The van der Waals surface area contributed by atoms with Gasteiger partial charge in [-0.15, -0.1) is 0 Å². The molecule has 1 aromatic heterocycles. The van der Waals surface area contributed by atoms with E-state index in [1.54, 1.807) is 23.8 Å². The van der Waals surface area contributed by atoms with Gasteiger partial charge in [0.15, 0.2) is 4.80 Å². The molecule has 240 valence electrons. The van der Waals surface area contributed by atoms with Crippen molar-refractivity contribution in [2.75, 3.05) is 7.11 Å². The quantitative estimate of drug-likeness (QED) is 0.0857. The van der Waals surface area contributed by atoms with Crippen LogP contribution in [0.2, 0.25) is 0 Å². The number of thiazole rings is 1. The molecular formula is C39H27N3O6S. The van der Waals surface area contributed by atoms with Crippen LogP contribution in [-0.4, -0.2) is 22.6 Å². The summed E-state index contributed by atoms with van der Waals surface area (Å²) in [6.07, 6.45) is 3.34. The molecule has 0 unspecified atom stereocenters. The lowest BCUT2D eigenvalue weighted by Gasteiger charge is -2.31. The largest absolute Gasteiger partial charge is 0.496 e. The van der Waals surface area contributed by atoms with Gasteiger partial charge in [-0.25, -0.2) is 9.79 Å². The first-order chi connectivity index (χ1) is 23.9. The van der Waals surface area contributed by atoms with E-state index in [9.17, 15) is 19.7 Å². The van der Waals surface area contributed by atoms with Crippen LogP contribution >= 0.6 is 11.3 Å². The van der Waals surface area contributed by atoms with Crippen molar-refractivity contribution in [3.05, 3.63) is 172 Å². The van der Waals surface area contributed by atoms with Crippen LogP contribution in [0.15, 0.2) is 125 Å². The minimum atomic E-state index is -0.677. The number of aromatic nitrogens is 1. The maximum absolute atomic E-state index is 14.6. The van der Waals surface area contributed by atoms with Gasteiger partial charge in [0.2, 0.25) is 0 Å². The maximum Gasteiger partial charge on any atom is 0.343 e. The Bertz CT molecular complexity index is 2550. The van der Waals surface area contributed by atoms with Crippen LogP contribution < -0.4 is 24.4 Å². The first-order valence-electron chi connectivity index (χ1n) is 15.7. The molecule has 0 spiro atoms. The highest BCUT2D eigenvalue weighted by Crippen LogP contribution is 2.43. The average Bonchev–Trinajstić information content (AvgIpc) is 3.45. The molecule has 2 heterocycles. The monoisotopic (exact) mass is 665 g/mol. The molecule has 9 nitrogen and oxygen atoms in total. The zero-order valence-electron chi connectivity index (χ0n) is 26.2. The van der Waals surface area contributed by atoms with Crippen LogP contribution in [0, 0.1) is 10.1 Å². The summed E-state index contributed by atoms with van der Waals surface area (Å²) in [5, 5.41) is 12.8. The van der Waals surface area contributed by atoms with E-state index in [0.717, 1.165) is 46.0 Å². The van der Waals surface area contributed by atoms with Crippen molar-refractivity contribution in [3.63, 3.8) is 0 Å². The molecular weight excluding hydrogens is 639 g/mol. The number of nitrogens with zero attached hydrogens (tertiary/aromatic N) is 3. The van der Waals surface area contributed by atoms with Crippen molar-refractivity contribution in [2.45, 2.75) is 18.9 Å². The van der Waals surface area contributed by atoms with Gasteiger partial charge in [-0.1, -0.05) is 84.1 Å². The highest BCUT2D eigenvalue weighted by atomic mass is 32.1. The summed E-state index contributed by atoms with van der Waals surface area (Å²) in [5.74, 6) is 0.260. The second-order valence-corrected chi connectivity index (χ2v) is 12.8. The van der Waals surface area contributed by atoms with Crippen LogP contribution in [0.25, 0.3) is 22.5 Å². The van der Waals surface area contributed by atoms with Crippen molar-refractivity contribution in [1.82, 2.24) is 4.57 Å². The zero-order chi connectivity index (χ0) is 33.6. The van der Waals surface area contributed by atoms with E-state index in [-0.39, 0.29) is 22.6 Å². The van der Waals surface area contributed by atoms with Gasteiger partial charge < -0.3 is 9.47 Å². The van der Waals surface area contributed by atoms with Gasteiger partial charge in [0.05, 0.1) is 33.9 Å². The standard InChI is InChI=1S/C39H27N3O6S/c1-47-32-13-7-6-12-29(32)36-30-20-16-24-9-3-5-11-28(24)35(30)40-39-41(36)37(43)34(49-39)22-31-27-10-4-2-8-23(27)17-21-33(31)48-38(44)25-14-18-26(19-15-25)42(45)46/h2-15,17-19,21-22,36H,16,20H2,1H3/b34-22+/t36-/m1/s1. The highest BCUT2D eigenvalue weighted by molar-refractivity contribution is 7.07. The summed E-state index contributed by atoms with van der Waals surface area (Å²) in [7, 11) is 1.63. The Kier molecular flexibility index (Phi) is 7.49.